The van der Waals surface area contributed by atoms with Crippen LogP contribution in [0.1, 0.15) is 28.9 Å². The van der Waals surface area contributed by atoms with Crippen LogP contribution in [0.2, 0.25) is 0 Å². The Morgan fingerprint density at radius 3 is 2.80 bits per heavy atom. The Morgan fingerprint density at radius 1 is 1.30 bits per heavy atom. The van der Waals surface area contributed by atoms with E-state index in [9.17, 15) is 9.59 Å². The fourth-order valence-corrected chi connectivity index (χ4v) is 1.84. The highest BCUT2D eigenvalue weighted by Crippen LogP contribution is 2.17. The van der Waals surface area contributed by atoms with Gasteiger partial charge in [0.05, 0.1) is 0 Å². The van der Waals surface area contributed by atoms with Crippen LogP contribution in [0.15, 0.2) is 47.5 Å². The van der Waals surface area contributed by atoms with Gasteiger partial charge in [-0.15, -0.1) is 0 Å². The summed E-state index contributed by atoms with van der Waals surface area (Å²) in [5, 5.41) is 5.87. The van der Waals surface area contributed by atoms with Crippen LogP contribution in [0.3, 0.4) is 0 Å². The second-order valence-electron chi connectivity index (χ2n) is 4.51. The molecule has 0 aliphatic carbocycles. The first-order valence-electron chi connectivity index (χ1n) is 6.37. The summed E-state index contributed by atoms with van der Waals surface area (Å²) < 4.78 is 0. The molecule has 1 aromatic carbocycles. The van der Waals surface area contributed by atoms with Crippen LogP contribution >= 0.6 is 0 Å². The Morgan fingerprint density at radius 2 is 2.10 bits per heavy atom. The molecule has 0 fully saturated rings. The average Bonchev–Trinajstić information content (AvgIpc) is 2.47. The van der Waals surface area contributed by atoms with Gasteiger partial charge in [-0.2, -0.15) is 0 Å². The predicted molar refractivity (Wildman–Crippen MR) is 78.9 cm³/mol. The van der Waals surface area contributed by atoms with Crippen LogP contribution in [-0.2, 0) is 0 Å². The summed E-state index contributed by atoms with van der Waals surface area (Å²) in [7, 11) is 1.87. The van der Waals surface area contributed by atoms with E-state index >= 15 is 0 Å². The molecule has 1 aromatic heterocycles. The van der Waals surface area contributed by atoms with Crippen LogP contribution < -0.4 is 16.1 Å². The lowest BCUT2D eigenvalue weighted by Crippen LogP contribution is -2.21. The van der Waals surface area contributed by atoms with Crippen molar-refractivity contribution in [1.82, 2.24) is 10.3 Å². The van der Waals surface area contributed by atoms with Crippen molar-refractivity contribution in [3.05, 3.63) is 64.1 Å². The van der Waals surface area contributed by atoms with E-state index in [1.807, 2.05) is 32.2 Å². The van der Waals surface area contributed by atoms with E-state index in [0.29, 0.717) is 5.69 Å². The van der Waals surface area contributed by atoms with E-state index in [4.69, 9.17) is 0 Å². The lowest BCUT2D eigenvalue weighted by atomic mass is 10.1. The molecule has 0 saturated carbocycles. The molecule has 5 heteroatoms. The van der Waals surface area contributed by atoms with Crippen molar-refractivity contribution >= 4 is 11.6 Å². The maximum atomic E-state index is 12.0. The number of pyridine rings is 1. The lowest BCUT2D eigenvalue weighted by Gasteiger charge is -2.12. The second-order valence-corrected chi connectivity index (χ2v) is 4.51. The molecule has 0 bridgehead atoms. The van der Waals surface area contributed by atoms with Crippen molar-refractivity contribution in [3.63, 3.8) is 0 Å². The number of rotatable bonds is 4. The number of anilines is 1. The molecule has 0 radical (unpaired) electrons. The Balaban J connectivity index is 2.20. The molecule has 2 rings (SSSR count). The number of carbonyl (C=O) groups excluding carboxylic acids is 1. The summed E-state index contributed by atoms with van der Waals surface area (Å²) in [6, 6.07) is 9.04. The molecule has 1 unspecified atom stereocenters. The predicted octanol–water partition coefficient (Wildman–Crippen LogP) is 1.91. The monoisotopic (exact) mass is 271 g/mol. The van der Waals surface area contributed by atoms with E-state index in [2.05, 4.69) is 15.6 Å². The minimum Gasteiger partial charge on any atom is -0.367 e. The normalized spacial score (nSPS) is 11.9. The number of carbonyl (C=O) groups is 1. The minimum atomic E-state index is -0.416. The minimum absolute atomic E-state index is 0.0968. The third-order valence-corrected chi connectivity index (χ3v) is 3.15. The average molecular weight is 271 g/mol. The molecule has 1 heterocycles. The number of benzene rings is 1. The summed E-state index contributed by atoms with van der Waals surface area (Å²) in [6.45, 7) is 2.03. The number of H-pyrrole nitrogens is 1. The number of hydrogen-bond donors (Lipinski definition) is 3. The number of hydrogen-bond acceptors (Lipinski definition) is 3. The molecule has 0 aliphatic rings. The molecular weight excluding hydrogens is 254 g/mol. The van der Waals surface area contributed by atoms with Gasteiger partial charge in [0.2, 0.25) is 0 Å². The van der Waals surface area contributed by atoms with Crippen molar-refractivity contribution in [1.29, 1.82) is 0 Å². The number of aromatic amines is 1. The van der Waals surface area contributed by atoms with E-state index in [0.717, 1.165) is 5.56 Å². The summed E-state index contributed by atoms with van der Waals surface area (Å²) in [4.78, 5) is 26.4. The van der Waals surface area contributed by atoms with Gasteiger partial charge in [0, 0.05) is 30.2 Å². The van der Waals surface area contributed by atoms with Crippen LogP contribution in [-0.4, -0.2) is 17.9 Å². The number of amides is 1. The fraction of sp³-hybridized carbons (Fsp3) is 0.200. The first-order valence-corrected chi connectivity index (χ1v) is 6.37. The van der Waals surface area contributed by atoms with Gasteiger partial charge in [-0.05, 0) is 31.7 Å². The molecule has 0 aliphatic heterocycles. The van der Waals surface area contributed by atoms with Gasteiger partial charge in [-0.3, -0.25) is 9.59 Å². The molecule has 5 nitrogen and oxygen atoms in total. The van der Waals surface area contributed by atoms with Crippen molar-refractivity contribution < 1.29 is 4.79 Å². The molecule has 0 saturated heterocycles. The molecule has 1 amide bonds. The number of aromatic nitrogens is 1. The van der Waals surface area contributed by atoms with Crippen LogP contribution in [0, 0.1) is 0 Å². The Bertz CT molecular complexity index is 664. The molecule has 2 aromatic rings. The van der Waals surface area contributed by atoms with Crippen LogP contribution in [0.25, 0.3) is 0 Å². The van der Waals surface area contributed by atoms with Crippen molar-refractivity contribution in [3.8, 4) is 0 Å². The van der Waals surface area contributed by atoms with E-state index < -0.39 is 5.91 Å². The molecular formula is C15H17N3O2. The van der Waals surface area contributed by atoms with Crippen molar-refractivity contribution in [2.45, 2.75) is 13.0 Å². The highest BCUT2D eigenvalue weighted by atomic mass is 16.2. The van der Waals surface area contributed by atoms with E-state index in [1.165, 1.54) is 18.5 Å². The van der Waals surface area contributed by atoms with Gasteiger partial charge in [0.25, 0.3) is 5.91 Å². The van der Waals surface area contributed by atoms with Crippen LogP contribution in [0.4, 0.5) is 5.69 Å². The van der Waals surface area contributed by atoms with E-state index in [1.54, 1.807) is 6.07 Å². The van der Waals surface area contributed by atoms with Crippen LogP contribution in [0.5, 0.6) is 0 Å². The van der Waals surface area contributed by atoms with Gasteiger partial charge in [0.1, 0.15) is 5.56 Å². The highest BCUT2D eigenvalue weighted by Gasteiger charge is 2.10. The fourth-order valence-electron chi connectivity index (χ4n) is 1.84. The van der Waals surface area contributed by atoms with Crippen molar-refractivity contribution in [2.75, 3.05) is 12.4 Å². The zero-order chi connectivity index (χ0) is 14.5. The molecule has 1 atom stereocenters. The Kier molecular flexibility index (Phi) is 4.32. The smallest absolute Gasteiger partial charge is 0.261 e. The maximum Gasteiger partial charge on any atom is 0.261 e. The summed E-state index contributed by atoms with van der Waals surface area (Å²) in [6.07, 6.45) is 2.89. The first kappa shape index (κ1) is 14.0. The maximum absolute atomic E-state index is 12.0. The van der Waals surface area contributed by atoms with E-state index in [-0.39, 0.29) is 17.0 Å². The van der Waals surface area contributed by atoms with Crippen molar-refractivity contribution in [2.24, 2.45) is 0 Å². The zero-order valence-electron chi connectivity index (χ0n) is 11.4. The molecule has 20 heavy (non-hydrogen) atoms. The van der Waals surface area contributed by atoms with Gasteiger partial charge in [0.15, 0.2) is 5.43 Å². The molecule has 104 valence electrons. The third kappa shape index (κ3) is 3.13. The quantitative estimate of drug-likeness (QED) is 0.795. The van der Waals surface area contributed by atoms with Gasteiger partial charge >= 0.3 is 0 Å². The SMILES string of the molecule is CNC(C)c1cccc(NC(=O)c2c[nH]ccc2=O)c1. The number of nitrogens with one attached hydrogen (secondary N) is 3. The Labute approximate surface area is 117 Å². The summed E-state index contributed by atoms with van der Waals surface area (Å²) in [5.41, 5.74) is 1.52. The summed E-state index contributed by atoms with van der Waals surface area (Å²) in [5.74, 6) is -0.416. The highest BCUT2D eigenvalue weighted by molar-refractivity contribution is 6.03. The largest absolute Gasteiger partial charge is 0.367 e. The third-order valence-electron chi connectivity index (χ3n) is 3.15. The van der Waals surface area contributed by atoms with Gasteiger partial charge in [-0.1, -0.05) is 12.1 Å². The zero-order valence-corrected chi connectivity index (χ0v) is 11.4. The summed E-state index contributed by atoms with van der Waals surface area (Å²) >= 11 is 0. The second kappa shape index (κ2) is 6.16. The topological polar surface area (TPSA) is 74.0 Å². The molecule has 0 spiro atoms. The molecule has 3 N–H and O–H groups in total. The first-order chi connectivity index (χ1) is 9.61. The lowest BCUT2D eigenvalue weighted by molar-refractivity contribution is 0.102. The standard InChI is InChI=1S/C15H17N3O2/c1-10(16-2)11-4-3-5-12(8-11)18-15(20)13-9-17-7-6-14(13)19/h3-10,16H,1-2H3,(H,17,19)(H,18,20). The Hall–Kier alpha value is -2.40. The van der Waals surface area contributed by atoms with Gasteiger partial charge < -0.3 is 15.6 Å². The van der Waals surface area contributed by atoms with Gasteiger partial charge in [-0.25, -0.2) is 0 Å².